The molecule has 0 saturated heterocycles. The van der Waals surface area contributed by atoms with Gasteiger partial charge in [0.1, 0.15) is 0 Å². The first-order chi connectivity index (χ1) is 8.84. The first-order valence-electron chi connectivity index (χ1n) is 8.84. The molecule has 0 aromatic heterocycles. The second-order valence-corrected chi connectivity index (χ2v) is 7.28. The van der Waals surface area contributed by atoms with Gasteiger partial charge >= 0.3 is 0 Å². The van der Waals surface area contributed by atoms with Gasteiger partial charge in [0.15, 0.2) is 0 Å². The second-order valence-electron chi connectivity index (χ2n) is 7.28. The van der Waals surface area contributed by atoms with E-state index in [1.54, 1.807) is 25.7 Å². The molecule has 2 unspecified atom stereocenters. The van der Waals surface area contributed by atoms with E-state index < -0.39 is 0 Å². The highest BCUT2D eigenvalue weighted by Crippen LogP contribution is 2.32. The fraction of sp³-hybridized carbons (Fsp3) is 1.00. The third-order valence-corrected chi connectivity index (χ3v) is 5.49. The summed E-state index contributed by atoms with van der Waals surface area (Å²) in [5, 5.41) is 0. The zero-order valence-electron chi connectivity index (χ0n) is 12.6. The molecule has 18 heavy (non-hydrogen) atoms. The molecule has 0 spiro atoms. The Hall–Kier alpha value is 0. The van der Waals surface area contributed by atoms with Gasteiger partial charge < -0.3 is 0 Å². The van der Waals surface area contributed by atoms with Crippen molar-refractivity contribution in [3.05, 3.63) is 0 Å². The van der Waals surface area contributed by atoms with Gasteiger partial charge in [-0.3, -0.25) is 0 Å². The van der Waals surface area contributed by atoms with E-state index in [0.717, 1.165) is 17.8 Å². The van der Waals surface area contributed by atoms with Crippen LogP contribution >= 0.6 is 0 Å². The fourth-order valence-corrected chi connectivity index (χ4v) is 4.34. The second kappa shape index (κ2) is 8.23. The molecule has 0 aromatic rings. The molecule has 0 amide bonds. The summed E-state index contributed by atoms with van der Waals surface area (Å²) in [5.74, 6) is 3.18. The minimum atomic E-state index is 1.01. The van der Waals surface area contributed by atoms with E-state index in [9.17, 15) is 0 Å². The van der Waals surface area contributed by atoms with E-state index in [1.165, 1.54) is 64.2 Å². The summed E-state index contributed by atoms with van der Waals surface area (Å²) in [7, 11) is 0. The van der Waals surface area contributed by atoms with Crippen LogP contribution < -0.4 is 0 Å². The highest BCUT2D eigenvalue weighted by Gasteiger charge is 2.18. The lowest BCUT2D eigenvalue weighted by molar-refractivity contribution is 0.336. The molecule has 0 aliphatic heterocycles. The van der Waals surface area contributed by atoms with Crippen molar-refractivity contribution in [3.63, 3.8) is 0 Å². The first kappa shape index (κ1) is 14.4. The Morgan fingerprint density at radius 2 is 1.22 bits per heavy atom. The van der Waals surface area contributed by atoms with Gasteiger partial charge in [-0.1, -0.05) is 90.4 Å². The molecule has 0 N–H and O–H groups in total. The molecule has 2 saturated carbocycles. The first-order valence-corrected chi connectivity index (χ1v) is 8.84. The predicted octanol–water partition coefficient (Wildman–Crippen LogP) is 6.34. The van der Waals surface area contributed by atoms with Gasteiger partial charge in [-0.25, -0.2) is 0 Å². The van der Waals surface area contributed by atoms with E-state index >= 15 is 0 Å². The monoisotopic (exact) mass is 250 g/mol. The maximum absolute atomic E-state index is 2.48. The molecule has 0 nitrogen and oxygen atoms in total. The van der Waals surface area contributed by atoms with Crippen LogP contribution in [0.25, 0.3) is 0 Å². The number of hydrogen-bond donors (Lipinski definition) is 0. The number of hydrogen-bond acceptors (Lipinski definition) is 0. The summed E-state index contributed by atoms with van der Waals surface area (Å²) in [6, 6.07) is 0. The van der Waals surface area contributed by atoms with E-state index in [2.05, 4.69) is 6.92 Å². The minimum Gasteiger partial charge on any atom is -0.0625 e. The van der Waals surface area contributed by atoms with Crippen LogP contribution in [0.15, 0.2) is 0 Å². The molecule has 106 valence electrons. The Bertz CT molecular complexity index is 200. The van der Waals surface area contributed by atoms with Crippen LogP contribution in [-0.2, 0) is 0 Å². The van der Waals surface area contributed by atoms with Crippen molar-refractivity contribution >= 4 is 0 Å². The third-order valence-electron chi connectivity index (χ3n) is 5.49. The lowest BCUT2D eigenvalue weighted by Crippen LogP contribution is -2.05. The molecule has 0 bridgehead atoms. The van der Waals surface area contributed by atoms with Gasteiger partial charge in [-0.05, 0) is 24.2 Å². The third kappa shape index (κ3) is 5.33. The van der Waals surface area contributed by atoms with Crippen molar-refractivity contribution in [2.75, 3.05) is 0 Å². The summed E-state index contributed by atoms with van der Waals surface area (Å²) in [6.07, 6.45) is 21.3. The van der Waals surface area contributed by atoms with Crippen LogP contribution in [0.1, 0.15) is 96.8 Å². The molecule has 0 aromatic carbocycles. The molecule has 0 radical (unpaired) electrons. The van der Waals surface area contributed by atoms with Crippen LogP contribution in [-0.4, -0.2) is 0 Å². The maximum Gasteiger partial charge on any atom is -0.0412 e. The van der Waals surface area contributed by atoms with E-state index in [1.807, 2.05) is 0 Å². The van der Waals surface area contributed by atoms with Crippen molar-refractivity contribution in [3.8, 4) is 0 Å². The smallest absolute Gasteiger partial charge is 0.0412 e. The highest BCUT2D eigenvalue weighted by atomic mass is 14.2. The maximum atomic E-state index is 2.48. The molecule has 0 heterocycles. The van der Waals surface area contributed by atoms with Crippen molar-refractivity contribution in [2.45, 2.75) is 96.8 Å². The standard InChI is InChI=1S/C18H34/c1-16-9-6-7-12-18(15-16)14-8-13-17-10-4-2-3-5-11-17/h16-18H,2-15H2,1H3. The highest BCUT2D eigenvalue weighted by molar-refractivity contribution is 4.71. The van der Waals surface area contributed by atoms with Gasteiger partial charge in [-0.2, -0.15) is 0 Å². The van der Waals surface area contributed by atoms with Gasteiger partial charge in [0.25, 0.3) is 0 Å². The molecule has 2 aliphatic carbocycles. The van der Waals surface area contributed by atoms with E-state index in [0.29, 0.717) is 0 Å². The molecule has 2 atom stereocenters. The summed E-state index contributed by atoms with van der Waals surface area (Å²) in [5.41, 5.74) is 0. The Balaban J connectivity index is 1.61. The molecule has 2 rings (SSSR count). The van der Waals surface area contributed by atoms with Crippen LogP contribution in [0, 0.1) is 17.8 Å². The summed E-state index contributed by atoms with van der Waals surface area (Å²) in [4.78, 5) is 0. The SMILES string of the molecule is CC1CCCCC(CCCC2CCCCCC2)C1. The van der Waals surface area contributed by atoms with Gasteiger partial charge in [-0.15, -0.1) is 0 Å². The Morgan fingerprint density at radius 3 is 2.00 bits per heavy atom. The number of rotatable bonds is 4. The summed E-state index contributed by atoms with van der Waals surface area (Å²) < 4.78 is 0. The van der Waals surface area contributed by atoms with Crippen LogP contribution in [0.2, 0.25) is 0 Å². The van der Waals surface area contributed by atoms with Crippen LogP contribution in [0.3, 0.4) is 0 Å². The van der Waals surface area contributed by atoms with Gasteiger partial charge in [0, 0.05) is 0 Å². The Labute approximate surface area is 115 Å². The summed E-state index contributed by atoms with van der Waals surface area (Å²) >= 11 is 0. The van der Waals surface area contributed by atoms with Crippen molar-refractivity contribution < 1.29 is 0 Å². The van der Waals surface area contributed by atoms with E-state index in [-0.39, 0.29) is 0 Å². The van der Waals surface area contributed by atoms with Crippen molar-refractivity contribution in [2.24, 2.45) is 17.8 Å². The zero-order chi connectivity index (χ0) is 12.6. The van der Waals surface area contributed by atoms with Crippen molar-refractivity contribution in [1.82, 2.24) is 0 Å². The molecular weight excluding hydrogens is 216 g/mol. The normalized spacial score (nSPS) is 31.8. The summed E-state index contributed by atoms with van der Waals surface area (Å²) in [6.45, 7) is 2.48. The Morgan fingerprint density at radius 1 is 0.667 bits per heavy atom. The van der Waals surface area contributed by atoms with Crippen molar-refractivity contribution in [1.29, 1.82) is 0 Å². The zero-order valence-corrected chi connectivity index (χ0v) is 12.6. The molecule has 0 heteroatoms. The fourth-order valence-electron chi connectivity index (χ4n) is 4.34. The lowest BCUT2D eigenvalue weighted by Gasteiger charge is -2.19. The molecular formula is C18H34. The van der Waals surface area contributed by atoms with Gasteiger partial charge in [0.05, 0.1) is 0 Å². The topological polar surface area (TPSA) is 0 Å². The predicted molar refractivity (Wildman–Crippen MR) is 80.8 cm³/mol. The Kier molecular flexibility index (Phi) is 6.59. The average Bonchev–Trinajstić information content (AvgIpc) is 2.72. The minimum absolute atomic E-state index is 1.01. The van der Waals surface area contributed by atoms with Crippen LogP contribution in [0.5, 0.6) is 0 Å². The van der Waals surface area contributed by atoms with Gasteiger partial charge in [0.2, 0.25) is 0 Å². The lowest BCUT2D eigenvalue weighted by atomic mass is 9.87. The largest absolute Gasteiger partial charge is 0.0625 e. The molecule has 2 fully saturated rings. The van der Waals surface area contributed by atoms with Crippen LogP contribution in [0.4, 0.5) is 0 Å². The average molecular weight is 250 g/mol. The molecule has 2 aliphatic rings. The quantitative estimate of drug-likeness (QED) is 0.510. The van der Waals surface area contributed by atoms with E-state index in [4.69, 9.17) is 0 Å².